The van der Waals surface area contributed by atoms with Gasteiger partial charge in [0.2, 0.25) is 0 Å². The summed E-state index contributed by atoms with van der Waals surface area (Å²) in [5, 5.41) is 5.79. The first-order valence-electron chi connectivity index (χ1n) is 5.90. The Morgan fingerprint density at radius 2 is 1.89 bits per heavy atom. The number of hydrogen-bond acceptors (Lipinski definition) is 4. The summed E-state index contributed by atoms with van der Waals surface area (Å²) in [6.45, 7) is 4.38. The van der Waals surface area contributed by atoms with E-state index in [4.69, 9.17) is 0 Å². The minimum atomic E-state index is -0.927. The average Bonchev–Trinajstić information content (AvgIpc) is 2.35. The predicted molar refractivity (Wildman–Crippen MR) is 70.6 cm³/mol. The fourth-order valence-corrected chi connectivity index (χ4v) is 1.64. The fourth-order valence-electron chi connectivity index (χ4n) is 1.64. The van der Waals surface area contributed by atoms with Gasteiger partial charge in [-0.1, -0.05) is 6.07 Å². The van der Waals surface area contributed by atoms with Crippen molar-refractivity contribution in [1.82, 2.24) is 9.97 Å². The molecule has 0 aliphatic heterocycles. The smallest absolute Gasteiger partial charge is 0.182 e. The lowest BCUT2D eigenvalue weighted by Crippen LogP contribution is -2.05. The number of hydrogen-bond donors (Lipinski definition) is 2. The number of benzene rings is 1. The maximum absolute atomic E-state index is 13.5. The summed E-state index contributed by atoms with van der Waals surface area (Å²) in [5.74, 6) is -0.244. The summed E-state index contributed by atoms with van der Waals surface area (Å²) >= 11 is 0. The van der Waals surface area contributed by atoms with Gasteiger partial charge in [-0.05, 0) is 26.0 Å². The quantitative estimate of drug-likeness (QED) is 0.890. The average molecular weight is 264 g/mol. The van der Waals surface area contributed by atoms with Gasteiger partial charge in [-0.3, -0.25) is 0 Å². The van der Waals surface area contributed by atoms with Crippen LogP contribution in [0.15, 0.2) is 24.3 Å². The second-order valence-electron chi connectivity index (χ2n) is 3.94. The molecule has 0 fully saturated rings. The number of halogens is 2. The van der Waals surface area contributed by atoms with Gasteiger partial charge in [-0.2, -0.15) is 0 Å². The third-order valence-electron chi connectivity index (χ3n) is 2.41. The summed E-state index contributed by atoms with van der Waals surface area (Å²) in [4.78, 5) is 8.31. The van der Waals surface area contributed by atoms with Gasteiger partial charge in [-0.15, -0.1) is 0 Å². The van der Waals surface area contributed by atoms with Crippen molar-refractivity contribution in [1.29, 1.82) is 0 Å². The maximum Gasteiger partial charge on any atom is 0.182 e. The van der Waals surface area contributed by atoms with E-state index in [1.54, 1.807) is 13.0 Å². The lowest BCUT2D eigenvalue weighted by Gasteiger charge is -2.10. The third kappa shape index (κ3) is 3.15. The van der Waals surface area contributed by atoms with Crippen LogP contribution in [-0.4, -0.2) is 16.5 Å². The highest BCUT2D eigenvalue weighted by Crippen LogP contribution is 2.21. The Balaban J connectivity index is 2.30. The molecule has 0 radical (unpaired) electrons. The van der Waals surface area contributed by atoms with Gasteiger partial charge in [0.05, 0.1) is 5.69 Å². The number of anilines is 3. The van der Waals surface area contributed by atoms with Crippen LogP contribution in [0.1, 0.15) is 12.7 Å². The molecule has 0 aliphatic carbocycles. The van der Waals surface area contributed by atoms with Crippen molar-refractivity contribution in [2.45, 2.75) is 13.8 Å². The lowest BCUT2D eigenvalue weighted by molar-refractivity contribution is 0.511. The Morgan fingerprint density at radius 1 is 1.16 bits per heavy atom. The van der Waals surface area contributed by atoms with Crippen molar-refractivity contribution in [3.8, 4) is 0 Å². The van der Waals surface area contributed by atoms with E-state index < -0.39 is 11.6 Å². The standard InChI is InChI=1S/C13H14F2N4/c1-3-16-11-7-12(18-8(2)17-11)19-10-6-4-5-9(14)13(10)15/h4-7H,3H2,1-2H3,(H2,16,17,18,19). The molecule has 0 aliphatic rings. The predicted octanol–water partition coefficient (Wildman–Crippen LogP) is 3.24. The molecule has 0 atom stereocenters. The molecule has 19 heavy (non-hydrogen) atoms. The summed E-state index contributed by atoms with van der Waals surface area (Å²) < 4.78 is 26.6. The van der Waals surface area contributed by atoms with Gasteiger partial charge in [0.15, 0.2) is 11.6 Å². The van der Waals surface area contributed by atoms with Crippen LogP contribution in [0, 0.1) is 18.6 Å². The van der Waals surface area contributed by atoms with Gasteiger partial charge in [0.25, 0.3) is 0 Å². The summed E-state index contributed by atoms with van der Waals surface area (Å²) in [7, 11) is 0. The molecule has 2 aromatic rings. The SMILES string of the molecule is CCNc1cc(Nc2cccc(F)c2F)nc(C)n1. The Bertz CT molecular complexity index is 587. The second kappa shape index (κ2) is 5.60. The van der Waals surface area contributed by atoms with Gasteiger partial charge >= 0.3 is 0 Å². The first-order chi connectivity index (χ1) is 9.10. The molecule has 4 nitrogen and oxygen atoms in total. The number of aromatic nitrogens is 2. The summed E-state index contributed by atoms with van der Waals surface area (Å²) in [6, 6.07) is 5.58. The zero-order valence-corrected chi connectivity index (χ0v) is 10.7. The molecule has 1 aromatic carbocycles. The van der Waals surface area contributed by atoms with Gasteiger partial charge < -0.3 is 10.6 Å². The molecule has 2 N–H and O–H groups in total. The highest BCUT2D eigenvalue weighted by atomic mass is 19.2. The lowest BCUT2D eigenvalue weighted by atomic mass is 10.3. The highest BCUT2D eigenvalue weighted by molar-refractivity contribution is 5.59. The Hall–Kier alpha value is -2.24. The molecule has 0 bridgehead atoms. The second-order valence-corrected chi connectivity index (χ2v) is 3.94. The molecule has 0 saturated heterocycles. The molecular weight excluding hydrogens is 250 g/mol. The Morgan fingerprint density at radius 3 is 2.63 bits per heavy atom. The molecule has 0 unspecified atom stereocenters. The van der Waals surface area contributed by atoms with E-state index in [0.717, 1.165) is 6.07 Å². The Labute approximate surface area is 109 Å². The minimum absolute atomic E-state index is 0.0422. The number of nitrogens with one attached hydrogen (secondary N) is 2. The van der Waals surface area contributed by atoms with E-state index in [-0.39, 0.29) is 5.69 Å². The number of aryl methyl sites for hydroxylation is 1. The van der Waals surface area contributed by atoms with Crippen molar-refractivity contribution < 1.29 is 8.78 Å². The summed E-state index contributed by atoms with van der Waals surface area (Å²) in [6.07, 6.45) is 0. The first-order valence-corrected chi connectivity index (χ1v) is 5.90. The normalized spacial score (nSPS) is 10.3. The summed E-state index contributed by atoms with van der Waals surface area (Å²) in [5.41, 5.74) is 0.0422. The molecule has 2 rings (SSSR count). The van der Waals surface area contributed by atoms with Crippen LogP contribution in [0.4, 0.5) is 26.1 Å². The molecule has 0 amide bonds. The first kappa shape index (κ1) is 13.2. The molecule has 1 heterocycles. The van der Waals surface area contributed by atoms with Gasteiger partial charge in [0.1, 0.15) is 17.5 Å². The largest absolute Gasteiger partial charge is 0.370 e. The number of nitrogens with zero attached hydrogens (tertiary/aromatic N) is 2. The van der Waals surface area contributed by atoms with E-state index in [2.05, 4.69) is 20.6 Å². The van der Waals surface area contributed by atoms with Crippen LogP contribution in [0.3, 0.4) is 0 Å². The van der Waals surface area contributed by atoms with Gasteiger partial charge in [-0.25, -0.2) is 18.7 Å². The Kier molecular flexibility index (Phi) is 3.89. The van der Waals surface area contributed by atoms with Crippen LogP contribution in [0.2, 0.25) is 0 Å². The molecule has 6 heteroatoms. The van der Waals surface area contributed by atoms with Crippen LogP contribution >= 0.6 is 0 Å². The van der Waals surface area contributed by atoms with Crippen LogP contribution in [0.5, 0.6) is 0 Å². The van der Waals surface area contributed by atoms with Gasteiger partial charge in [0, 0.05) is 12.6 Å². The fraction of sp³-hybridized carbons (Fsp3) is 0.231. The highest BCUT2D eigenvalue weighted by Gasteiger charge is 2.09. The molecule has 100 valence electrons. The molecular formula is C13H14F2N4. The molecule has 0 saturated carbocycles. The zero-order valence-electron chi connectivity index (χ0n) is 10.7. The molecule has 1 aromatic heterocycles. The van der Waals surface area contributed by atoms with Crippen LogP contribution < -0.4 is 10.6 Å². The maximum atomic E-state index is 13.5. The van der Waals surface area contributed by atoms with E-state index in [1.807, 2.05) is 6.92 Å². The zero-order chi connectivity index (χ0) is 13.8. The number of rotatable bonds is 4. The monoisotopic (exact) mass is 264 g/mol. The van der Waals surface area contributed by atoms with Crippen LogP contribution in [-0.2, 0) is 0 Å². The van der Waals surface area contributed by atoms with Crippen molar-refractivity contribution in [3.63, 3.8) is 0 Å². The van der Waals surface area contributed by atoms with Crippen LogP contribution in [0.25, 0.3) is 0 Å². The minimum Gasteiger partial charge on any atom is -0.370 e. The van der Waals surface area contributed by atoms with E-state index in [1.165, 1.54) is 12.1 Å². The van der Waals surface area contributed by atoms with Crippen molar-refractivity contribution in [2.24, 2.45) is 0 Å². The van der Waals surface area contributed by atoms with E-state index >= 15 is 0 Å². The van der Waals surface area contributed by atoms with Crippen molar-refractivity contribution in [3.05, 3.63) is 41.7 Å². The van der Waals surface area contributed by atoms with E-state index in [9.17, 15) is 8.78 Å². The topological polar surface area (TPSA) is 49.8 Å². The van der Waals surface area contributed by atoms with E-state index in [0.29, 0.717) is 24.0 Å². The van der Waals surface area contributed by atoms with Crippen molar-refractivity contribution in [2.75, 3.05) is 17.2 Å². The third-order valence-corrected chi connectivity index (χ3v) is 2.41. The molecule has 0 spiro atoms. The van der Waals surface area contributed by atoms with Crippen molar-refractivity contribution >= 4 is 17.3 Å².